The highest BCUT2D eigenvalue weighted by Crippen LogP contribution is 2.40. The third kappa shape index (κ3) is 4.23. The highest BCUT2D eigenvalue weighted by molar-refractivity contribution is 5.66. The van der Waals surface area contributed by atoms with Crippen molar-refractivity contribution in [2.24, 2.45) is 0 Å². The summed E-state index contributed by atoms with van der Waals surface area (Å²) in [6.07, 6.45) is 5.03. The molecular formula is C25H28FN7O. The Labute approximate surface area is 197 Å². The number of piperazine rings is 1. The van der Waals surface area contributed by atoms with E-state index < -0.39 is 0 Å². The maximum atomic E-state index is 15.2. The SMILES string of the molecule is CC1=Cc2c(ccc(Oc3nc(Nc4cc(C5CC5)[nH]n4)cc(N4CCNC(C)C4)n3)c2F)C1. The number of hydrogen-bond acceptors (Lipinski definition) is 7. The summed E-state index contributed by atoms with van der Waals surface area (Å²) in [5.74, 6) is 2.29. The Hall–Kier alpha value is -3.46. The van der Waals surface area contributed by atoms with Gasteiger partial charge in [-0.05, 0) is 44.7 Å². The monoisotopic (exact) mass is 461 g/mol. The van der Waals surface area contributed by atoms with Crippen LogP contribution < -0.4 is 20.3 Å². The van der Waals surface area contributed by atoms with Crippen molar-refractivity contribution < 1.29 is 9.13 Å². The third-order valence-corrected chi connectivity index (χ3v) is 6.55. The smallest absolute Gasteiger partial charge is 0.326 e. The average Bonchev–Trinajstić information content (AvgIpc) is 3.44. The molecule has 0 radical (unpaired) electrons. The van der Waals surface area contributed by atoms with Crippen molar-refractivity contribution in [3.63, 3.8) is 0 Å². The van der Waals surface area contributed by atoms with E-state index in [-0.39, 0.29) is 17.6 Å². The summed E-state index contributed by atoms with van der Waals surface area (Å²) >= 11 is 0. The Kier molecular flexibility index (Phi) is 5.21. The highest BCUT2D eigenvalue weighted by atomic mass is 19.1. The van der Waals surface area contributed by atoms with Gasteiger partial charge in [-0.2, -0.15) is 15.1 Å². The van der Waals surface area contributed by atoms with Crippen molar-refractivity contribution in [1.29, 1.82) is 0 Å². The van der Waals surface area contributed by atoms with Crippen LogP contribution in [0.15, 0.2) is 29.8 Å². The van der Waals surface area contributed by atoms with Crippen molar-refractivity contribution in [3.05, 3.63) is 52.5 Å². The molecule has 1 aliphatic heterocycles. The van der Waals surface area contributed by atoms with E-state index in [1.165, 1.54) is 12.8 Å². The van der Waals surface area contributed by atoms with Crippen molar-refractivity contribution in [1.82, 2.24) is 25.5 Å². The quantitative estimate of drug-likeness (QED) is 0.498. The number of nitrogens with one attached hydrogen (secondary N) is 3. The van der Waals surface area contributed by atoms with Crippen LogP contribution in [0, 0.1) is 5.82 Å². The molecule has 1 saturated carbocycles. The fraction of sp³-hybridized carbons (Fsp3) is 0.400. The van der Waals surface area contributed by atoms with Crippen LogP contribution in [0.3, 0.4) is 0 Å². The molecule has 3 N–H and O–H groups in total. The van der Waals surface area contributed by atoms with Crippen molar-refractivity contribution >= 4 is 23.5 Å². The lowest BCUT2D eigenvalue weighted by molar-refractivity contribution is 0.409. The lowest BCUT2D eigenvalue weighted by atomic mass is 10.1. The molecule has 0 amide bonds. The molecule has 2 aliphatic carbocycles. The molecule has 3 heterocycles. The molecule has 1 atom stereocenters. The number of benzene rings is 1. The molecule has 176 valence electrons. The summed E-state index contributed by atoms with van der Waals surface area (Å²) in [5.41, 5.74) is 3.82. The number of halogens is 1. The van der Waals surface area contributed by atoms with Gasteiger partial charge in [-0.1, -0.05) is 17.7 Å². The summed E-state index contributed by atoms with van der Waals surface area (Å²) in [4.78, 5) is 11.4. The zero-order chi connectivity index (χ0) is 23.2. The number of nitrogens with zero attached hydrogens (tertiary/aromatic N) is 4. The normalized spacial score (nSPS) is 19.7. The average molecular weight is 462 g/mol. The number of aromatic nitrogens is 4. The predicted molar refractivity (Wildman–Crippen MR) is 129 cm³/mol. The summed E-state index contributed by atoms with van der Waals surface area (Å²) in [6, 6.07) is 7.91. The van der Waals surface area contributed by atoms with Gasteiger partial charge in [0.1, 0.15) is 11.6 Å². The second-order valence-corrected chi connectivity index (χ2v) is 9.52. The minimum Gasteiger partial charge on any atom is -0.421 e. The van der Waals surface area contributed by atoms with Gasteiger partial charge in [0.15, 0.2) is 17.4 Å². The zero-order valence-corrected chi connectivity index (χ0v) is 19.4. The number of rotatable bonds is 6. The van der Waals surface area contributed by atoms with Crippen LogP contribution in [0.25, 0.3) is 6.08 Å². The Morgan fingerprint density at radius 2 is 2.06 bits per heavy atom. The van der Waals surface area contributed by atoms with Gasteiger partial charge in [0, 0.05) is 55.0 Å². The predicted octanol–water partition coefficient (Wildman–Crippen LogP) is 4.51. The topological polar surface area (TPSA) is 91.0 Å². The zero-order valence-electron chi connectivity index (χ0n) is 19.4. The Bertz CT molecular complexity index is 1270. The van der Waals surface area contributed by atoms with E-state index in [9.17, 15) is 0 Å². The summed E-state index contributed by atoms with van der Waals surface area (Å²) < 4.78 is 21.1. The number of aromatic amines is 1. The summed E-state index contributed by atoms with van der Waals surface area (Å²) in [5, 5.41) is 14.2. The van der Waals surface area contributed by atoms with Crippen LogP contribution in [0.4, 0.5) is 21.8 Å². The first kappa shape index (κ1) is 21.1. The Balaban J connectivity index is 1.32. The van der Waals surface area contributed by atoms with Gasteiger partial charge < -0.3 is 20.3 Å². The van der Waals surface area contributed by atoms with E-state index in [2.05, 4.69) is 42.6 Å². The van der Waals surface area contributed by atoms with Gasteiger partial charge in [-0.25, -0.2) is 4.39 Å². The molecule has 0 spiro atoms. The molecule has 0 bridgehead atoms. The van der Waals surface area contributed by atoms with E-state index in [0.29, 0.717) is 29.2 Å². The third-order valence-electron chi connectivity index (χ3n) is 6.55. The summed E-state index contributed by atoms with van der Waals surface area (Å²) in [7, 11) is 0. The molecule has 2 aromatic heterocycles. The second-order valence-electron chi connectivity index (χ2n) is 9.52. The van der Waals surface area contributed by atoms with Gasteiger partial charge in [-0.3, -0.25) is 5.10 Å². The molecule has 8 nitrogen and oxygen atoms in total. The molecule has 3 aromatic rings. The first-order chi connectivity index (χ1) is 16.5. The van der Waals surface area contributed by atoms with E-state index in [1.807, 2.05) is 31.2 Å². The maximum absolute atomic E-state index is 15.2. The molecule has 1 unspecified atom stereocenters. The van der Waals surface area contributed by atoms with Crippen LogP contribution in [-0.4, -0.2) is 45.8 Å². The molecule has 1 aromatic carbocycles. The maximum Gasteiger partial charge on any atom is 0.326 e. The van der Waals surface area contributed by atoms with Gasteiger partial charge in [-0.15, -0.1) is 0 Å². The first-order valence-electron chi connectivity index (χ1n) is 11.9. The fourth-order valence-electron chi connectivity index (χ4n) is 4.66. The lowest BCUT2D eigenvalue weighted by Crippen LogP contribution is -2.49. The van der Waals surface area contributed by atoms with Crippen molar-refractivity contribution in [2.45, 2.75) is 45.1 Å². The van der Waals surface area contributed by atoms with Gasteiger partial charge in [0.05, 0.1) is 0 Å². The molecule has 1 saturated heterocycles. The molecule has 6 rings (SSSR count). The van der Waals surface area contributed by atoms with Crippen molar-refractivity contribution in [3.8, 4) is 11.8 Å². The Morgan fingerprint density at radius 1 is 1.18 bits per heavy atom. The second kappa shape index (κ2) is 8.39. The minimum atomic E-state index is -0.380. The number of allylic oxidation sites excluding steroid dienone is 1. The van der Waals surface area contributed by atoms with Gasteiger partial charge in [0.2, 0.25) is 0 Å². The van der Waals surface area contributed by atoms with E-state index in [4.69, 9.17) is 4.74 Å². The van der Waals surface area contributed by atoms with Gasteiger partial charge >= 0.3 is 6.01 Å². The van der Waals surface area contributed by atoms with E-state index >= 15 is 4.39 Å². The molecular weight excluding hydrogens is 433 g/mol. The first-order valence-corrected chi connectivity index (χ1v) is 11.9. The van der Waals surface area contributed by atoms with Crippen LogP contribution in [0.1, 0.15) is 49.4 Å². The number of fused-ring (bicyclic) bond motifs is 1. The van der Waals surface area contributed by atoms with Gasteiger partial charge in [0.25, 0.3) is 0 Å². The number of ether oxygens (including phenoxy) is 1. The highest BCUT2D eigenvalue weighted by Gasteiger charge is 2.26. The molecule has 3 aliphatic rings. The van der Waals surface area contributed by atoms with Crippen LogP contribution in [-0.2, 0) is 6.42 Å². The number of H-pyrrole nitrogens is 1. The van der Waals surface area contributed by atoms with Crippen LogP contribution in [0.5, 0.6) is 11.8 Å². The summed E-state index contributed by atoms with van der Waals surface area (Å²) in [6.45, 7) is 6.62. The number of anilines is 3. The Morgan fingerprint density at radius 3 is 2.88 bits per heavy atom. The molecule has 9 heteroatoms. The van der Waals surface area contributed by atoms with Crippen LogP contribution >= 0.6 is 0 Å². The molecule has 2 fully saturated rings. The number of hydrogen-bond donors (Lipinski definition) is 3. The van der Waals surface area contributed by atoms with E-state index in [0.717, 1.165) is 48.7 Å². The molecule has 34 heavy (non-hydrogen) atoms. The van der Waals surface area contributed by atoms with Crippen LogP contribution in [0.2, 0.25) is 0 Å². The standard InChI is InChI=1S/C25H28FN7O/c1-14-9-17-5-6-20(24(26)18(17)10-14)34-25-29-21(28-22-11-19(31-32-22)16-3-4-16)12-23(30-25)33-8-7-27-15(2)13-33/h5-6,10-12,15-16,27H,3-4,7-9,13H2,1-2H3,(H2,28,29,30,31,32). The largest absolute Gasteiger partial charge is 0.421 e. The fourth-order valence-corrected chi connectivity index (χ4v) is 4.66. The van der Waals surface area contributed by atoms with E-state index in [1.54, 1.807) is 6.07 Å². The minimum absolute atomic E-state index is 0.0988. The van der Waals surface area contributed by atoms with Crippen molar-refractivity contribution in [2.75, 3.05) is 29.9 Å². The lowest BCUT2D eigenvalue weighted by Gasteiger charge is -2.32.